The molecule has 0 radical (unpaired) electrons. The molecule has 19 heavy (non-hydrogen) atoms. The minimum absolute atomic E-state index is 0.115. The Hall–Kier alpha value is -1.34. The first-order valence-electron chi connectivity index (χ1n) is 6.20. The summed E-state index contributed by atoms with van der Waals surface area (Å²) in [4.78, 5) is 4.24. The third-order valence-electron chi connectivity index (χ3n) is 3.38. The van der Waals surface area contributed by atoms with Crippen molar-refractivity contribution in [3.05, 3.63) is 17.7 Å². The van der Waals surface area contributed by atoms with Crippen LogP contribution in [0.4, 0.5) is 10.8 Å². The minimum atomic E-state index is -3.22. The lowest BCUT2D eigenvalue weighted by molar-refractivity contribution is 0.588. The number of nitrogens with two attached hydrogens (primary N) is 1. The number of nitrogens with zero attached hydrogens (tertiary/aromatic N) is 2. The number of benzene rings is 1. The highest BCUT2D eigenvalue weighted by Gasteiger charge is 2.26. The molecule has 3 rings (SSSR count). The van der Waals surface area contributed by atoms with Gasteiger partial charge in [0.25, 0.3) is 0 Å². The maximum Gasteiger partial charge on any atom is 0.234 e. The Morgan fingerprint density at radius 3 is 3.00 bits per heavy atom. The van der Waals surface area contributed by atoms with E-state index in [9.17, 15) is 8.42 Å². The lowest BCUT2D eigenvalue weighted by Gasteiger charge is -2.30. The van der Waals surface area contributed by atoms with Crippen LogP contribution in [0, 0.1) is 0 Å². The Morgan fingerprint density at radius 1 is 1.47 bits per heavy atom. The molecular weight excluding hydrogens is 282 g/mol. The van der Waals surface area contributed by atoms with Crippen molar-refractivity contribution >= 4 is 42.4 Å². The zero-order valence-electron chi connectivity index (χ0n) is 10.6. The summed E-state index contributed by atoms with van der Waals surface area (Å²) in [6.45, 7) is 2.22. The molecule has 0 saturated heterocycles. The quantitative estimate of drug-likeness (QED) is 0.919. The van der Waals surface area contributed by atoms with Crippen LogP contribution in [0.25, 0.3) is 10.2 Å². The van der Waals surface area contributed by atoms with Crippen molar-refractivity contribution in [1.82, 2.24) is 4.98 Å². The molecule has 0 amide bonds. The van der Waals surface area contributed by atoms with Gasteiger partial charge in [0.1, 0.15) is 0 Å². The van der Waals surface area contributed by atoms with Crippen molar-refractivity contribution in [2.45, 2.75) is 19.8 Å². The molecule has 5 nitrogen and oxygen atoms in total. The molecular formula is C12H15N3O2S2. The number of hydrogen-bond acceptors (Lipinski definition) is 5. The SMILES string of the molecule is CCS(=O)(=O)N1CCCc2cc3sc(N)nc3cc21. The Morgan fingerprint density at radius 2 is 2.26 bits per heavy atom. The summed E-state index contributed by atoms with van der Waals surface area (Å²) in [5, 5.41) is 0.516. The molecule has 2 aromatic rings. The van der Waals surface area contributed by atoms with Crippen LogP contribution < -0.4 is 10.0 Å². The van der Waals surface area contributed by atoms with Gasteiger partial charge in [0, 0.05) is 6.54 Å². The van der Waals surface area contributed by atoms with Gasteiger partial charge in [-0.25, -0.2) is 13.4 Å². The first kappa shape index (κ1) is 12.7. The molecule has 0 aliphatic carbocycles. The Bertz CT molecular complexity index is 737. The van der Waals surface area contributed by atoms with Crippen LogP contribution >= 0.6 is 11.3 Å². The lowest BCUT2D eigenvalue weighted by Crippen LogP contribution is -2.36. The highest BCUT2D eigenvalue weighted by Crippen LogP contribution is 2.35. The molecule has 1 aliphatic heterocycles. The van der Waals surface area contributed by atoms with Crippen LogP contribution in [0.5, 0.6) is 0 Å². The summed E-state index contributed by atoms with van der Waals surface area (Å²) in [7, 11) is -3.22. The summed E-state index contributed by atoms with van der Waals surface area (Å²) in [6, 6.07) is 3.87. The van der Waals surface area contributed by atoms with Gasteiger partial charge < -0.3 is 5.73 Å². The van der Waals surface area contributed by atoms with Crippen molar-refractivity contribution in [3.8, 4) is 0 Å². The molecule has 1 aliphatic rings. The number of sulfonamides is 1. The second-order valence-electron chi connectivity index (χ2n) is 4.58. The third-order valence-corrected chi connectivity index (χ3v) is 6.01. The maximum atomic E-state index is 12.1. The largest absolute Gasteiger partial charge is 0.375 e. The number of aryl methyl sites for hydroxylation is 1. The highest BCUT2D eigenvalue weighted by atomic mass is 32.2. The van der Waals surface area contributed by atoms with E-state index in [0.717, 1.165) is 34.3 Å². The van der Waals surface area contributed by atoms with Crippen LogP contribution in [0.1, 0.15) is 18.9 Å². The molecule has 0 atom stereocenters. The zero-order valence-corrected chi connectivity index (χ0v) is 12.2. The summed E-state index contributed by atoms with van der Waals surface area (Å²) < 4.78 is 26.8. The van der Waals surface area contributed by atoms with Gasteiger partial charge in [-0.2, -0.15) is 0 Å². The molecule has 2 heterocycles. The van der Waals surface area contributed by atoms with E-state index in [-0.39, 0.29) is 5.75 Å². The van der Waals surface area contributed by atoms with E-state index in [2.05, 4.69) is 4.98 Å². The van der Waals surface area contributed by atoms with Gasteiger partial charge in [0.05, 0.1) is 21.7 Å². The van der Waals surface area contributed by atoms with Crippen LogP contribution in [0.15, 0.2) is 12.1 Å². The monoisotopic (exact) mass is 297 g/mol. The first-order chi connectivity index (χ1) is 9.01. The van der Waals surface area contributed by atoms with Crippen LogP contribution in [0.3, 0.4) is 0 Å². The van der Waals surface area contributed by atoms with Gasteiger partial charge in [-0.05, 0) is 37.5 Å². The number of anilines is 2. The average Bonchev–Trinajstić information content (AvgIpc) is 2.74. The smallest absolute Gasteiger partial charge is 0.234 e. The molecule has 0 saturated carbocycles. The molecule has 0 unspecified atom stereocenters. The molecule has 102 valence electrons. The fourth-order valence-electron chi connectivity index (χ4n) is 2.43. The number of hydrogen-bond donors (Lipinski definition) is 1. The number of rotatable bonds is 2. The lowest BCUT2D eigenvalue weighted by atomic mass is 10.0. The van der Waals surface area contributed by atoms with E-state index in [4.69, 9.17) is 5.73 Å². The number of aromatic nitrogens is 1. The summed E-state index contributed by atoms with van der Waals surface area (Å²) in [5.41, 5.74) is 8.33. The summed E-state index contributed by atoms with van der Waals surface area (Å²) >= 11 is 1.44. The molecule has 1 aromatic heterocycles. The van der Waals surface area contributed by atoms with E-state index >= 15 is 0 Å². The van der Waals surface area contributed by atoms with E-state index in [1.807, 2.05) is 12.1 Å². The normalized spacial score (nSPS) is 15.7. The topological polar surface area (TPSA) is 76.3 Å². The second-order valence-corrected chi connectivity index (χ2v) is 7.82. The predicted octanol–water partition coefficient (Wildman–Crippen LogP) is 1.98. The molecule has 7 heteroatoms. The Balaban J connectivity index is 2.21. The fraction of sp³-hybridized carbons (Fsp3) is 0.417. The number of fused-ring (bicyclic) bond motifs is 2. The van der Waals surface area contributed by atoms with E-state index in [1.54, 1.807) is 6.92 Å². The summed E-state index contributed by atoms with van der Waals surface area (Å²) in [6.07, 6.45) is 1.75. The van der Waals surface area contributed by atoms with Crippen molar-refractivity contribution in [2.24, 2.45) is 0 Å². The predicted molar refractivity (Wildman–Crippen MR) is 79.2 cm³/mol. The van der Waals surface area contributed by atoms with Gasteiger partial charge in [0.15, 0.2) is 5.13 Å². The second kappa shape index (κ2) is 4.35. The van der Waals surface area contributed by atoms with Crippen LogP contribution in [-0.4, -0.2) is 25.7 Å². The van der Waals surface area contributed by atoms with Gasteiger partial charge >= 0.3 is 0 Å². The van der Waals surface area contributed by atoms with Crippen molar-refractivity contribution in [3.63, 3.8) is 0 Å². The molecule has 0 spiro atoms. The van der Waals surface area contributed by atoms with Crippen molar-refractivity contribution in [2.75, 3.05) is 22.3 Å². The third kappa shape index (κ3) is 2.06. The summed E-state index contributed by atoms with van der Waals surface area (Å²) in [5.74, 6) is 0.115. The van der Waals surface area contributed by atoms with Crippen LogP contribution in [0.2, 0.25) is 0 Å². The Labute approximate surface area is 116 Å². The van der Waals surface area contributed by atoms with Gasteiger partial charge in [-0.3, -0.25) is 4.31 Å². The molecule has 1 aromatic carbocycles. The highest BCUT2D eigenvalue weighted by molar-refractivity contribution is 7.92. The maximum absolute atomic E-state index is 12.1. The van der Waals surface area contributed by atoms with Gasteiger partial charge in [-0.15, -0.1) is 0 Å². The van der Waals surface area contributed by atoms with Gasteiger partial charge in [-0.1, -0.05) is 11.3 Å². The Kier molecular flexibility index (Phi) is 2.90. The van der Waals surface area contributed by atoms with Crippen molar-refractivity contribution < 1.29 is 8.42 Å². The van der Waals surface area contributed by atoms with Gasteiger partial charge in [0.2, 0.25) is 10.0 Å². The average molecular weight is 297 g/mol. The number of nitrogen functional groups attached to an aromatic ring is 1. The molecule has 0 bridgehead atoms. The number of thiazole rings is 1. The minimum Gasteiger partial charge on any atom is -0.375 e. The van der Waals surface area contributed by atoms with E-state index in [0.29, 0.717) is 11.7 Å². The van der Waals surface area contributed by atoms with E-state index < -0.39 is 10.0 Å². The first-order valence-corrected chi connectivity index (χ1v) is 8.63. The zero-order chi connectivity index (χ0) is 13.6. The van der Waals surface area contributed by atoms with E-state index in [1.165, 1.54) is 15.6 Å². The van der Waals surface area contributed by atoms with Crippen molar-refractivity contribution in [1.29, 1.82) is 0 Å². The van der Waals surface area contributed by atoms with Crippen LogP contribution in [-0.2, 0) is 16.4 Å². The fourth-order valence-corrected chi connectivity index (χ4v) is 4.40. The molecule has 2 N–H and O–H groups in total. The molecule has 0 fully saturated rings. The standard InChI is InChI=1S/C12H15N3O2S2/c1-2-19(16,17)15-5-3-4-8-6-11-9(7-10(8)15)14-12(13)18-11/h6-7H,2-5H2,1H3,(H2,13,14).